The molecule has 0 fully saturated rings. The highest BCUT2D eigenvalue weighted by atomic mass is 79.9. The Labute approximate surface area is 137 Å². The molecule has 0 saturated heterocycles. The van der Waals surface area contributed by atoms with Gasteiger partial charge in [0.1, 0.15) is 0 Å². The van der Waals surface area contributed by atoms with E-state index in [1.165, 1.54) is 0 Å². The molecule has 0 N–H and O–H groups in total. The Kier molecular flexibility index (Phi) is 5.32. The first-order valence-corrected chi connectivity index (χ1v) is 7.99. The second-order valence-electron chi connectivity index (χ2n) is 4.68. The van der Waals surface area contributed by atoms with Gasteiger partial charge in [-0.2, -0.15) is 0 Å². The lowest BCUT2D eigenvalue weighted by Gasteiger charge is -2.24. The molecule has 108 valence electrons. The van der Waals surface area contributed by atoms with Crippen molar-refractivity contribution in [3.63, 3.8) is 0 Å². The number of carbonyl (C=O) groups is 2. The van der Waals surface area contributed by atoms with Gasteiger partial charge in [-0.05, 0) is 11.1 Å². The number of halogens is 2. The van der Waals surface area contributed by atoms with E-state index in [1.807, 2.05) is 36.4 Å². The van der Waals surface area contributed by atoms with E-state index in [4.69, 9.17) is 11.6 Å². The molecule has 2 unspecified atom stereocenters. The van der Waals surface area contributed by atoms with E-state index in [0.29, 0.717) is 17.2 Å². The van der Waals surface area contributed by atoms with Gasteiger partial charge in [-0.3, -0.25) is 4.79 Å². The molecular formula is C17H14BrClO2. The smallest absolute Gasteiger partial charge is 0.183 e. The molecular weight excluding hydrogens is 352 g/mol. The highest BCUT2D eigenvalue weighted by molar-refractivity contribution is 9.09. The van der Waals surface area contributed by atoms with E-state index in [1.54, 1.807) is 24.3 Å². The van der Waals surface area contributed by atoms with Crippen LogP contribution in [0.2, 0.25) is 0 Å². The average Bonchev–Trinajstić information content (AvgIpc) is 2.56. The Hall–Kier alpha value is -1.45. The molecule has 2 nitrogen and oxygen atoms in total. The predicted molar refractivity (Wildman–Crippen MR) is 88.0 cm³/mol. The topological polar surface area (TPSA) is 34.1 Å². The van der Waals surface area contributed by atoms with Crippen LogP contribution in [0.3, 0.4) is 0 Å². The lowest BCUT2D eigenvalue weighted by molar-refractivity contribution is -0.126. The second-order valence-corrected chi connectivity index (χ2v) is 5.92. The van der Waals surface area contributed by atoms with Crippen LogP contribution in [-0.2, 0) is 14.5 Å². The normalized spacial score (nSPS) is 15.0. The van der Waals surface area contributed by atoms with Gasteiger partial charge < -0.3 is 4.79 Å². The highest BCUT2D eigenvalue weighted by Gasteiger charge is 2.42. The predicted octanol–water partition coefficient (Wildman–Crippen LogP) is 4.07. The number of hydrogen-bond acceptors (Lipinski definition) is 2. The Morgan fingerprint density at radius 2 is 1.62 bits per heavy atom. The number of carbonyl (C=O) groups excluding carboxylic acids is 2. The van der Waals surface area contributed by atoms with E-state index in [2.05, 4.69) is 15.9 Å². The largest absolute Gasteiger partial charge is 0.301 e. The lowest BCUT2D eigenvalue weighted by atomic mass is 9.85. The van der Waals surface area contributed by atoms with Gasteiger partial charge in [0.05, 0.1) is 5.92 Å². The van der Waals surface area contributed by atoms with Gasteiger partial charge in [0, 0.05) is 5.33 Å². The Balaban J connectivity index is 2.42. The molecule has 0 saturated carbocycles. The zero-order chi connectivity index (χ0) is 15.3. The van der Waals surface area contributed by atoms with E-state index in [9.17, 15) is 9.59 Å². The molecule has 2 aromatic rings. The number of hydrogen-bond donors (Lipinski definition) is 0. The van der Waals surface area contributed by atoms with Gasteiger partial charge in [0.25, 0.3) is 0 Å². The van der Waals surface area contributed by atoms with Crippen LogP contribution in [0.5, 0.6) is 0 Å². The first-order chi connectivity index (χ1) is 10.1. The molecule has 0 amide bonds. The first kappa shape index (κ1) is 15.9. The van der Waals surface area contributed by atoms with Crippen LogP contribution < -0.4 is 0 Å². The maximum atomic E-state index is 12.8. The Morgan fingerprint density at radius 1 is 1.10 bits per heavy atom. The summed E-state index contributed by atoms with van der Waals surface area (Å²) in [7, 11) is 0. The van der Waals surface area contributed by atoms with Crippen LogP contribution >= 0.6 is 27.5 Å². The van der Waals surface area contributed by atoms with E-state index in [-0.39, 0.29) is 5.78 Å². The number of rotatable bonds is 6. The SMILES string of the molecule is O=CC(Cl)(C(=O)C(CBr)c1ccccc1)c1ccccc1. The van der Waals surface area contributed by atoms with Crippen molar-refractivity contribution in [2.45, 2.75) is 10.8 Å². The quantitative estimate of drug-likeness (QED) is 0.439. The number of Topliss-reactive ketones (excluding diaryl/α,β-unsaturated/α-hetero) is 1. The number of ketones is 1. The van der Waals surface area contributed by atoms with Crippen LogP contribution in [0.25, 0.3) is 0 Å². The van der Waals surface area contributed by atoms with Gasteiger partial charge in [0.2, 0.25) is 0 Å². The van der Waals surface area contributed by atoms with Crippen molar-refractivity contribution in [2.24, 2.45) is 0 Å². The molecule has 0 heterocycles. The van der Waals surface area contributed by atoms with E-state index >= 15 is 0 Å². The maximum Gasteiger partial charge on any atom is 0.183 e. The van der Waals surface area contributed by atoms with Gasteiger partial charge in [0.15, 0.2) is 16.9 Å². The maximum absolute atomic E-state index is 12.8. The summed E-state index contributed by atoms with van der Waals surface area (Å²) in [6.45, 7) is 0. The molecule has 0 spiro atoms. The van der Waals surface area contributed by atoms with Gasteiger partial charge >= 0.3 is 0 Å². The van der Waals surface area contributed by atoms with Crippen LogP contribution in [0, 0.1) is 0 Å². The zero-order valence-corrected chi connectivity index (χ0v) is 13.5. The summed E-state index contributed by atoms with van der Waals surface area (Å²) in [5.41, 5.74) is 1.33. The lowest BCUT2D eigenvalue weighted by Crippen LogP contribution is -2.36. The molecule has 4 heteroatoms. The zero-order valence-electron chi connectivity index (χ0n) is 11.2. The Bertz CT molecular complexity index is 615. The molecule has 2 atom stereocenters. The molecule has 21 heavy (non-hydrogen) atoms. The summed E-state index contributed by atoms with van der Waals surface area (Å²) in [4.78, 5) is 22.7. The van der Waals surface area contributed by atoms with Crippen molar-refractivity contribution in [3.05, 3.63) is 71.8 Å². The molecule has 0 aliphatic carbocycles. The van der Waals surface area contributed by atoms with Crippen LogP contribution in [0.1, 0.15) is 17.0 Å². The van der Waals surface area contributed by atoms with Crippen molar-refractivity contribution in [2.75, 3.05) is 5.33 Å². The third-order valence-electron chi connectivity index (χ3n) is 3.39. The van der Waals surface area contributed by atoms with Crippen LogP contribution in [0.4, 0.5) is 0 Å². The summed E-state index contributed by atoms with van der Waals surface area (Å²) < 4.78 is 0. The molecule has 0 radical (unpaired) electrons. The molecule has 0 aliphatic rings. The van der Waals surface area contributed by atoms with Gasteiger partial charge in [-0.25, -0.2) is 0 Å². The molecule has 2 rings (SSSR count). The summed E-state index contributed by atoms with van der Waals surface area (Å²) in [5, 5.41) is 0.408. The average molecular weight is 366 g/mol. The van der Waals surface area contributed by atoms with Gasteiger partial charge in [-0.15, -0.1) is 0 Å². The summed E-state index contributed by atoms with van der Waals surface area (Å²) >= 11 is 9.74. The van der Waals surface area contributed by atoms with Crippen molar-refractivity contribution in [3.8, 4) is 0 Å². The van der Waals surface area contributed by atoms with Crippen LogP contribution in [0.15, 0.2) is 60.7 Å². The van der Waals surface area contributed by atoms with Crippen LogP contribution in [-0.4, -0.2) is 17.4 Å². The molecule has 2 aromatic carbocycles. The minimum atomic E-state index is -1.66. The third-order valence-corrected chi connectivity index (χ3v) is 4.53. The number of benzene rings is 2. The van der Waals surface area contributed by atoms with E-state index < -0.39 is 10.8 Å². The molecule has 0 aromatic heterocycles. The highest BCUT2D eigenvalue weighted by Crippen LogP contribution is 2.35. The summed E-state index contributed by atoms with van der Waals surface area (Å²) in [6.07, 6.45) is 0.519. The fraction of sp³-hybridized carbons (Fsp3) is 0.176. The number of aldehydes is 1. The summed E-state index contributed by atoms with van der Waals surface area (Å²) in [5.74, 6) is -0.803. The Morgan fingerprint density at radius 3 is 2.10 bits per heavy atom. The third kappa shape index (κ3) is 3.25. The number of alkyl halides is 2. The molecule has 0 aliphatic heterocycles. The van der Waals surface area contributed by atoms with Crippen molar-refractivity contribution in [1.82, 2.24) is 0 Å². The molecule has 0 bridgehead atoms. The summed E-state index contributed by atoms with van der Waals surface area (Å²) in [6, 6.07) is 18.0. The fourth-order valence-corrected chi connectivity index (χ4v) is 3.12. The van der Waals surface area contributed by atoms with Gasteiger partial charge in [-0.1, -0.05) is 88.2 Å². The monoisotopic (exact) mass is 364 g/mol. The van der Waals surface area contributed by atoms with E-state index in [0.717, 1.165) is 5.56 Å². The minimum Gasteiger partial charge on any atom is -0.301 e. The first-order valence-electron chi connectivity index (χ1n) is 6.49. The minimum absolute atomic E-state index is 0.326. The fourth-order valence-electron chi connectivity index (χ4n) is 2.20. The van der Waals surface area contributed by atoms with Crippen molar-refractivity contribution < 1.29 is 9.59 Å². The standard InChI is InChI=1S/C17H14BrClO2/c18-11-15(13-7-3-1-4-8-13)16(21)17(19,12-20)14-9-5-2-6-10-14/h1-10,12,15H,11H2. The van der Waals surface area contributed by atoms with Crippen molar-refractivity contribution >= 4 is 39.6 Å². The van der Waals surface area contributed by atoms with Crippen molar-refractivity contribution in [1.29, 1.82) is 0 Å². The second kappa shape index (κ2) is 7.01.